The Kier molecular flexibility index (Phi) is 4.09. The first-order chi connectivity index (χ1) is 9.21. The summed E-state index contributed by atoms with van der Waals surface area (Å²) in [5.41, 5.74) is 4.66. The van der Waals surface area contributed by atoms with Crippen LogP contribution in [0.2, 0.25) is 0 Å². The first-order valence-electron chi connectivity index (χ1n) is 5.93. The molecule has 0 amide bonds. The van der Waals surface area contributed by atoms with Crippen LogP contribution in [0.3, 0.4) is 0 Å². The molecular formula is C14H18N2O3. The molecule has 0 saturated carbocycles. The Morgan fingerprint density at radius 2 is 1.95 bits per heavy atom. The van der Waals surface area contributed by atoms with Crippen LogP contribution in [0.25, 0.3) is 0 Å². The molecule has 0 aliphatic carbocycles. The summed E-state index contributed by atoms with van der Waals surface area (Å²) in [7, 11) is 3.25. The van der Waals surface area contributed by atoms with Gasteiger partial charge < -0.3 is 13.9 Å². The van der Waals surface area contributed by atoms with Gasteiger partial charge in [0.1, 0.15) is 17.3 Å². The van der Waals surface area contributed by atoms with Gasteiger partial charge in [-0.2, -0.15) is 0 Å². The lowest BCUT2D eigenvalue weighted by atomic mass is 9.98. The lowest BCUT2D eigenvalue weighted by molar-refractivity contribution is 0.393. The van der Waals surface area contributed by atoms with Gasteiger partial charge in [-0.1, -0.05) is 0 Å². The van der Waals surface area contributed by atoms with Gasteiger partial charge in [-0.15, -0.1) is 0 Å². The van der Waals surface area contributed by atoms with Crippen LogP contribution in [-0.4, -0.2) is 14.2 Å². The molecule has 19 heavy (non-hydrogen) atoms. The van der Waals surface area contributed by atoms with Gasteiger partial charge in [-0.3, -0.25) is 5.84 Å². The maximum atomic E-state index is 5.69. The normalized spacial score (nSPS) is 12.2. The molecule has 2 rings (SSSR count). The number of hydrogen-bond donors (Lipinski definition) is 2. The largest absolute Gasteiger partial charge is 0.497 e. The number of ether oxygens (including phenoxy) is 2. The van der Waals surface area contributed by atoms with Gasteiger partial charge in [0, 0.05) is 11.1 Å². The van der Waals surface area contributed by atoms with E-state index >= 15 is 0 Å². The summed E-state index contributed by atoms with van der Waals surface area (Å²) >= 11 is 0. The van der Waals surface area contributed by atoms with Crippen LogP contribution in [0, 0.1) is 6.92 Å². The fourth-order valence-corrected chi connectivity index (χ4v) is 2.11. The van der Waals surface area contributed by atoms with Crippen LogP contribution in [-0.2, 0) is 0 Å². The number of rotatable bonds is 5. The summed E-state index contributed by atoms with van der Waals surface area (Å²) in [6.07, 6.45) is 1.64. The van der Waals surface area contributed by atoms with Gasteiger partial charge in [0.2, 0.25) is 0 Å². The molecule has 0 saturated heterocycles. The van der Waals surface area contributed by atoms with E-state index in [0.29, 0.717) is 0 Å². The number of furan rings is 1. The van der Waals surface area contributed by atoms with Crippen molar-refractivity contribution in [1.29, 1.82) is 0 Å². The predicted octanol–water partition coefficient (Wildman–Crippen LogP) is 2.16. The molecule has 0 radical (unpaired) electrons. The average Bonchev–Trinajstić information content (AvgIpc) is 2.86. The number of nitrogens with one attached hydrogen (secondary N) is 1. The number of hydrogen-bond acceptors (Lipinski definition) is 5. The Labute approximate surface area is 112 Å². The maximum Gasteiger partial charge on any atom is 0.124 e. The van der Waals surface area contributed by atoms with Gasteiger partial charge in [-0.05, 0) is 31.2 Å². The van der Waals surface area contributed by atoms with E-state index in [9.17, 15) is 0 Å². The summed E-state index contributed by atoms with van der Waals surface area (Å²) in [5, 5.41) is 0. The maximum absolute atomic E-state index is 5.69. The fourth-order valence-electron chi connectivity index (χ4n) is 2.11. The van der Waals surface area contributed by atoms with Gasteiger partial charge >= 0.3 is 0 Å². The molecule has 3 N–H and O–H groups in total. The smallest absolute Gasteiger partial charge is 0.124 e. The number of methoxy groups -OCH3 is 2. The molecule has 1 aromatic heterocycles. The molecule has 1 heterocycles. The summed E-state index contributed by atoms with van der Waals surface area (Å²) in [6, 6.07) is 7.27. The first-order valence-corrected chi connectivity index (χ1v) is 5.93. The molecule has 2 aromatic rings. The van der Waals surface area contributed by atoms with Crippen LogP contribution in [0.1, 0.15) is 22.9 Å². The lowest BCUT2D eigenvalue weighted by Crippen LogP contribution is -2.29. The van der Waals surface area contributed by atoms with E-state index in [1.165, 1.54) is 0 Å². The van der Waals surface area contributed by atoms with E-state index < -0.39 is 0 Å². The van der Waals surface area contributed by atoms with Crippen molar-refractivity contribution < 1.29 is 13.9 Å². The standard InChI is InChI=1S/C14H18N2O3/c1-9-11(6-7-19-9)14(16-15)12-8-10(17-2)4-5-13(12)18-3/h4-8,14,16H,15H2,1-3H3. The van der Waals surface area contributed by atoms with E-state index in [1.54, 1.807) is 20.5 Å². The minimum Gasteiger partial charge on any atom is -0.497 e. The molecule has 1 atom stereocenters. The van der Waals surface area contributed by atoms with E-state index in [2.05, 4.69) is 5.43 Å². The third-order valence-electron chi connectivity index (χ3n) is 3.12. The van der Waals surface area contributed by atoms with Crippen molar-refractivity contribution in [1.82, 2.24) is 5.43 Å². The minimum absolute atomic E-state index is 0.219. The predicted molar refractivity (Wildman–Crippen MR) is 72.2 cm³/mol. The van der Waals surface area contributed by atoms with E-state index in [0.717, 1.165) is 28.4 Å². The molecule has 0 spiro atoms. The van der Waals surface area contributed by atoms with E-state index in [4.69, 9.17) is 19.7 Å². The van der Waals surface area contributed by atoms with Gasteiger partial charge in [-0.25, -0.2) is 5.43 Å². The summed E-state index contributed by atoms with van der Waals surface area (Å²) in [4.78, 5) is 0. The first kappa shape index (κ1) is 13.5. The lowest BCUT2D eigenvalue weighted by Gasteiger charge is -2.19. The molecular weight excluding hydrogens is 244 g/mol. The molecule has 0 aliphatic heterocycles. The Hall–Kier alpha value is -1.98. The quantitative estimate of drug-likeness (QED) is 0.638. The van der Waals surface area contributed by atoms with E-state index in [1.807, 2.05) is 31.2 Å². The zero-order valence-electron chi connectivity index (χ0n) is 11.3. The van der Waals surface area contributed by atoms with Crippen molar-refractivity contribution in [3.05, 3.63) is 47.4 Å². The SMILES string of the molecule is COc1ccc(OC)c(C(NN)c2ccoc2C)c1. The Bertz CT molecular complexity index is 551. The zero-order valence-corrected chi connectivity index (χ0v) is 11.3. The van der Waals surface area contributed by atoms with Crippen molar-refractivity contribution in [2.45, 2.75) is 13.0 Å². The van der Waals surface area contributed by atoms with Crippen molar-refractivity contribution >= 4 is 0 Å². The zero-order chi connectivity index (χ0) is 13.8. The van der Waals surface area contributed by atoms with Gasteiger partial charge in [0.05, 0.1) is 26.5 Å². The third-order valence-corrected chi connectivity index (χ3v) is 3.12. The molecule has 0 bridgehead atoms. The van der Waals surface area contributed by atoms with E-state index in [-0.39, 0.29) is 6.04 Å². The van der Waals surface area contributed by atoms with Crippen molar-refractivity contribution in [2.75, 3.05) is 14.2 Å². The highest BCUT2D eigenvalue weighted by Crippen LogP contribution is 2.34. The second-order valence-corrected chi connectivity index (χ2v) is 4.14. The molecule has 1 aromatic carbocycles. The van der Waals surface area contributed by atoms with Crippen molar-refractivity contribution in [3.63, 3.8) is 0 Å². The highest BCUT2D eigenvalue weighted by Gasteiger charge is 2.21. The molecule has 5 nitrogen and oxygen atoms in total. The summed E-state index contributed by atoms with van der Waals surface area (Å²) in [6.45, 7) is 1.90. The Morgan fingerprint density at radius 3 is 2.47 bits per heavy atom. The summed E-state index contributed by atoms with van der Waals surface area (Å²) in [5.74, 6) is 7.99. The second-order valence-electron chi connectivity index (χ2n) is 4.14. The Balaban J connectivity index is 2.51. The highest BCUT2D eigenvalue weighted by molar-refractivity contribution is 5.46. The van der Waals surface area contributed by atoms with Crippen LogP contribution in [0.15, 0.2) is 34.9 Å². The van der Waals surface area contributed by atoms with Crippen LogP contribution < -0.4 is 20.7 Å². The molecule has 0 fully saturated rings. The van der Waals surface area contributed by atoms with Crippen molar-refractivity contribution in [3.8, 4) is 11.5 Å². The van der Waals surface area contributed by atoms with Crippen LogP contribution >= 0.6 is 0 Å². The van der Waals surface area contributed by atoms with Crippen molar-refractivity contribution in [2.24, 2.45) is 5.84 Å². The number of benzene rings is 1. The fraction of sp³-hybridized carbons (Fsp3) is 0.286. The number of aryl methyl sites for hydroxylation is 1. The second kappa shape index (κ2) is 5.77. The Morgan fingerprint density at radius 1 is 1.16 bits per heavy atom. The molecule has 102 valence electrons. The monoisotopic (exact) mass is 262 g/mol. The highest BCUT2D eigenvalue weighted by atomic mass is 16.5. The molecule has 1 unspecified atom stereocenters. The molecule has 0 aliphatic rings. The topological polar surface area (TPSA) is 69.7 Å². The van der Waals surface area contributed by atoms with Gasteiger partial charge in [0.25, 0.3) is 0 Å². The summed E-state index contributed by atoms with van der Waals surface area (Å²) < 4.78 is 16.0. The molecule has 5 heteroatoms. The average molecular weight is 262 g/mol. The minimum atomic E-state index is -0.219. The van der Waals surface area contributed by atoms with Crippen LogP contribution in [0.5, 0.6) is 11.5 Å². The van der Waals surface area contributed by atoms with Crippen LogP contribution in [0.4, 0.5) is 0 Å². The number of hydrazine groups is 1. The third kappa shape index (κ3) is 2.57. The van der Waals surface area contributed by atoms with Gasteiger partial charge in [0.15, 0.2) is 0 Å². The number of nitrogens with two attached hydrogens (primary N) is 1.